The number of carbonyl (C=O) groups excluding carboxylic acids is 1. The van der Waals surface area contributed by atoms with Gasteiger partial charge in [0.1, 0.15) is 15.8 Å². The highest BCUT2D eigenvalue weighted by Gasteiger charge is 2.40. The first-order valence-corrected chi connectivity index (χ1v) is 11.9. The minimum atomic E-state index is -0.795. The number of thiocarbonyl (C=S) groups is 1. The maximum absolute atomic E-state index is 13.0. The number of nitrogens with zero attached hydrogens (tertiary/aromatic N) is 1. The largest absolute Gasteiger partial charge is 0.481 e. The van der Waals surface area contributed by atoms with Crippen LogP contribution in [0.3, 0.4) is 0 Å². The number of thioether (sulfide) groups is 1. The van der Waals surface area contributed by atoms with Crippen LogP contribution in [0.4, 0.5) is 0 Å². The Kier molecular flexibility index (Phi) is 6.62. The van der Waals surface area contributed by atoms with Crippen LogP contribution in [0.25, 0.3) is 17.4 Å². The normalized spacial score (nSPS) is 23.0. The van der Waals surface area contributed by atoms with Crippen molar-refractivity contribution in [3.63, 3.8) is 0 Å². The van der Waals surface area contributed by atoms with Crippen molar-refractivity contribution in [1.29, 1.82) is 0 Å². The molecule has 0 bridgehead atoms. The van der Waals surface area contributed by atoms with Gasteiger partial charge in [0.15, 0.2) is 0 Å². The molecular formula is C24H25NO4S2. The Labute approximate surface area is 191 Å². The molecule has 5 nitrogen and oxygen atoms in total. The molecule has 31 heavy (non-hydrogen) atoms. The number of hydrogen-bond donors (Lipinski definition) is 1. The van der Waals surface area contributed by atoms with E-state index in [1.165, 1.54) is 17.3 Å². The Morgan fingerprint density at radius 3 is 2.74 bits per heavy atom. The summed E-state index contributed by atoms with van der Waals surface area (Å²) in [6.07, 6.45) is 6.57. The molecule has 1 aliphatic carbocycles. The summed E-state index contributed by atoms with van der Waals surface area (Å²) in [6.45, 7) is 2.16. The average Bonchev–Trinajstić information content (AvgIpc) is 3.33. The van der Waals surface area contributed by atoms with Gasteiger partial charge in [0, 0.05) is 17.7 Å². The topological polar surface area (TPSA) is 70.8 Å². The van der Waals surface area contributed by atoms with Gasteiger partial charge in [-0.25, -0.2) is 0 Å². The molecule has 1 amide bonds. The van der Waals surface area contributed by atoms with Crippen LogP contribution < -0.4 is 0 Å². The van der Waals surface area contributed by atoms with E-state index in [4.69, 9.17) is 16.6 Å². The number of rotatable bonds is 6. The molecule has 2 atom stereocenters. The molecule has 162 valence electrons. The van der Waals surface area contributed by atoms with Gasteiger partial charge < -0.3 is 9.52 Å². The van der Waals surface area contributed by atoms with Crippen LogP contribution in [0.2, 0.25) is 0 Å². The Balaban J connectivity index is 1.49. The highest BCUT2D eigenvalue weighted by molar-refractivity contribution is 8.26. The number of amides is 1. The summed E-state index contributed by atoms with van der Waals surface area (Å²) >= 11 is 6.71. The SMILES string of the molecule is CCCc1ccc(-c2ccc(/C=C3/SC(=S)N(C4CCCC(C(=O)O)C4)C3=O)o2)cc1. The van der Waals surface area contributed by atoms with E-state index in [1.807, 2.05) is 12.1 Å². The van der Waals surface area contributed by atoms with Crippen LogP contribution in [0, 0.1) is 5.92 Å². The van der Waals surface area contributed by atoms with Gasteiger partial charge in [0.2, 0.25) is 0 Å². The molecule has 1 saturated carbocycles. The maximum Gasteiger partial charge on any atom is 0.306 e. The van der Waals surface area contributed by atoms with E-state index in [9.17, 15) is 14.7 Å². The van der Waals surface area contributed by atoms with Crippen molar-refractivity contribution in [3.8, 4) is 11.3 Å². The molecule has 2 aromatic rings. The second-order valence-electron chi connectivity index (χ2n) is 8.06. The predicted molar refractivity (Wildman–Crippen MR) is 127 cm³/mol. The molecule has 0 spiro atoms. The fourth-order valence-corrected chi connectivity index (χ4v) is 5.64. The Bertz CT molecular complexity index is 1020. The second-order valence-corrected chi connectivity index (χ2v) is 9.73. The lowest BCUT2D eigenvalue weighted by Crippen LogP contribution is -2.42. The first kappa shape index (κ1) is 21.8. The van der Waals surface area contributed by atoms with Gasteiger partial charge in [-0.2, -0.15) is 0 Å². The zero-order valence-corrected chi connectivity index (χ0v) is 19.0. The van der Waals surface area contributed by atoms with E-state index in [0.29, 0.717) is 27.8 Å². The number of aliphatic carboxylic acids is 1. The number of furan rings is 1. The van der Waals surface area contributed by atoms with Crippen molar-refractivity contribution in [1.82, 2.24) is 4.90 Å². The summed E-state index contributed by atoms with van der Waals surface area (Å²) in [5.41, 5.74) is 2.29. The van der Waals surface area contributed by atoms with Crippen molar-refractivity contribution in [2.45, 2.75) is 51.5 Å². The van der Waals surface area contributed by atoms with E-state index in [-0.39, 0.29) is 11.9 Å². The fraction of sp³-hybridized carbons (Fsp3) is 0.375. The summed E-state index contributed by atoms with van der Waals surface area (Å²) < 4.78 is 6.45. The van der Waals surface area contributed by atoms with E-state index < -0.39 is 11.9 Å². The summed E-state index contributed by atoms with van der Waals surface area (Å²) in [4.78, 5) is 26.5. The van der Waals surface area contributed by atoms with E-state index in [1.54, 1.807) is 11.0 Å². The Hall–Kier alpha value is -2.38. The van der Waals surface area contributed by atoms with Gasteiger partial charge in [0.25, 0.3) is 5.91 Å². The first-order chi connectivity index (χ1) is 15.0. The third-order valence-electron chi connectivity index (χ3n) is 5.86. The third kappa shape index (κ3) is 4.77. The smallest absolute Gasteiger partial charge is 0.306 e. The van der Waals surface area contributed by atoms with Crippen molar-refractivity contribution in [2.75, 3.05) is 0 Å². The average molecular weight is 456 g/mol. The summed E-state index contributed by atoms with van der Waals surface area (Å²) in [5.74, 6) is -0.0188. The monoisotopic (exact) mass is 455 g/mol. The standard InChI is InChI=1S/C24H25NO4S2/c1-2-4-15-7-9-16(10-8-15)20-12-11-19(29-20)14-21-22(26)25(24(30)31-21)18-6-3-5-17(13-18)23(27)28/h7-12,14,17-18H,2-6,13H2,1H3,(H,27,28)/b21-14+. The molecule has 1 saturated heterocycles. The van der Waals surface area contributed by atoms with Crippen LogP contribution in [-0.2, 0) is 16.0 Å². The van der Waals surface area contributed by atoms with Crippen LogP contribution >= 0.6 is 24.0 Å². The zero-order chi connectivity index (χ0) is 22.0. The van der Waals surface area contributed by atoms with Crippen molar-refractivity contribution in [3.05, 3.63) is 52.6 Å². The zero-order valence-electron chi connectivity index (χ0n) is 17.4. The molecule has 2 unspecified atom stereocenters. The number of benzene rings is 1. The molecule has 2 aliphatic rings. The van der Waals surface area contributed by atoms with Crippen LogP contribution in [0.15, 0.2) is 45.7 Å². The minimum Gasteiger partial charge on any atom is -0.481 e. The maximum atomic E-state index is 13.0. The molecule has 1 aliphatic heterocycles. The lowest BCUT2D eigenvalue weighted by Gasteiger charge is -2.32. The summed E-state index contributed by atoms with van der Waals surface area (Å²) in [5, 5.41) is 9.35. The van der Waals surface area contributed by atoms with E-state index in [0.717, 1.165) is 37.0 Å². The molecule has 1 N–H and O–H groups in total. The highest BCUT2D eigenvalue weighted by atomic mass is 32.2. The van der Waals surface area contributed by atoms with Gasteiger partial charge in [-0.1, -0.05) is 68.0 Å². The molecule has 2 fully saturated rings. The van der Waals surface area contributed by atoms with Gasteiger partial charge in [0.05, 0.1) is 10.8 Å². The number of carboxylic acid groups (broad SMARTS) is 1. The van der Waals surface area contributed by atoms with Crippen LogP contribution in [0.5, 0.6) is 0 Å². The minimum absolute atomic E-state index is 0.151. The molecule has 1 aromatic heterocycles. The number of hydrogen-bond acceptors (Lipinski definition) is 5. The highest BCUT2D eigenvalue weighted by Crippen LogP contribution is 2.39. The lowest BCUT2D eigenvalue weighted by molar-refractivity contribution is -0.144. The molecule has 2 heterocycles. The van der Waals surface area contributed by atoms with Crippen LogP contribution in [0.1, 0.15) is 50.4 Å². The Morgan fingerprint density at radius 2 is 2.03 bits per heavy atom. The molecule has 1 aromatic carbocycles. The summed E-state index contributed by atoms with van der Waals surface area (Å²) in [7, 11) is 0. The predicted octanol–water partition coefficient (Wildman–Crippen LogP) is 5.74. The first-order valence-electron chi connectivity index (χ1n) is 10.6. The molecule has 4 rings (SSSR count). The van der Waals surface area contributed by atoms with Crippen molar-refractivity contribution < 1.29 is 19.1 Å². The quantitative estimate of drug-likeness (QED) is 0.442. The summed E-state index contributed by atoms with van der Waals surface area (Å²) in [6, 6.07) is 11.9. The molecular weight excluding hydrogens is 430 g/mol. The van der Waals surface area contributed by atoms with Crippen molar-refractivity contribution in [2.24, 2.45) is 5.92 Å². The van der Waals surface area contributed by atoms with Crippen LogP contribution in [-0.4, -0.2) is 32.2 Å². The second kappa shape index (κ2) is 9.40. The van der Waals surface area contributed by atoms with E-state index in [2.05, 4.69) is 31.2 Å². The Morgan fingerprint density at radius 1 is 1.26 bits per heavy atom. The number of aryl methyl sites for hydroxylation is 1. The van der Waals surface area contributed by atoms with E-state index >= 15 is 0 Å². The fourth-order valence-electron chi connectivity index (χ4n) is 4.26. The molecule has 7 heteroatoms. The number of carboxylic acids is 1. The number of carbonyl (C=O) groups is 2. The van der Waals surface area contributed by atoms with Crippen molar-refractivity contribution >= 4 is 46.3 Å². The third-order valence-corrected chi connectivity index (χ3v) is 7.19. The van der Waals surface area contributed by atoms with Gasteiger partial charge in [-0.15, -0.1) is 0 Å². The molecule has 0 radical (unpaired) electrons. The lowest BCUT2D eigenvalue weighted by atomic mass is 9.85. The van der Waals surface area contributed by atoms with Gasteiger partial charge >= 0.3 is 5.97 Å². The van der Waals surface area contributed by atoms with Gasteiger partial charge in [-0.05, 0) is 43.4 Å². The van der Waals surface area contributed by atoms with Gasteiger partial charge in [-0.3, -0.25) is 14.5 Å².